The number of para-hydroxylation sites is 2. The standard InChI is InChI=1S/C17H8Cl4F2N2O4/c18-11-9-10(12(19)14(21)13(11)20)16(28)25(15(9)27)5-8(26)24-6-3-1-2-4-7(6)29-17(22)23/h1-4,17H,5H2,(H,24,26). The Kier molecular flexibility index (Phi) is 6.19. The van der Waals surface area contributed by atoms with Crippen molar-refractivity contribution in [3.63, 3.8) is 0 Å². The Morgan fingerprint density at radius 2 is 1.48 bits per heavy atom. The Bertz CT molecular complexity index is 1000. The summed E-state index contributed by atoms with van der Waals surface area (Å²) >= 11 is 23.9. The molecule has 0 bridgehead atoms. The van der Waals surface area contributed by atoms with Crippen LogP contribution in [0.1, 0.15) is 20.7 Å². The fourth-order valence-electron chi connectivity index (χ4n) is 2.64. The first-order valence-corrected chi connectivity index (χ1v) is 9.20. The van der Waals surface area contributed by atoms with Crippen molar-refractivity contribution >= 4 is 69.8 Å². The van der Waals surface area contributed by atoms with Gasteiger partial charge in [0.1, 0.15) is 12.3 Å². The van der Waals surface area contributed by atoms with E-state index in [1.165, 1.54) is 24.3 Å². The molecular weight excluding hydrogens is 476 g/mol. The van der Waals surface area contributed by atoms with Crippen LogP contribution in [-0.2, 0) is 4.79 Å². The summed E-state index contributed by atoms with van der Waals surface area (Å²) in [6, 6.07) is 5.42. The monoisotopic (exact) mass is 482 g/mol. The first-order valence-electron chi connectivity index (χ1n) is 7.69. The Hall–Kier alpha value is -2.13. The van der Waals surface area contributed by atoms with Crippen molar-refractivity contribution in [3.8, 4) is 5.75 Å². The number of ether oxygens (including phenoxy) is 1. The number of imide groups is 1. The fraction of sp³-hybridized carbons (Fsp3) is 0.118. The number of benzene rings is 2. The minimum atomic E-state index is -3.11. The highest BCUT2D eigenvalue weighted by atomic mass is 35.5. The second-order valence-electron chi connectivity index (χ2n) is 5.63. The fourth-order valence-corrected chi connectivity index (χ4v) is 3.66. The molecule has 1 N–H and O–H groups in total. The number of nitrogens with one attached hydrogen (secondary N) is 1. The van der Waals surface area contributed by atoms with Gasteiger partial charge in [-0.2, -0.15) is 8.78 Å². The summed E-state index contributed by atoms with van der Waals surface area (Å²) < 4.78 is 29.3. The van der Waals surface area contributed by atoms with E-state index in [-0.39, 0.29) is 42.7 Å². The van der Waals surface area contributed by atoms with Crippen LogP contribution in [0.25, 0.3) is 0 Å². The second kappa shape index (κ2) is 8.31. The van der Waals surface area contributed by atoms with Gasteiger partial charge in [-0.15, -0.1) is 0 Å². The number of hydrogen-bond acceptors (Lipinski definition) is 4. The molecule has 0 spiro atoms. The quantitative estimate of drug-likeness (QED) is 0.363. The second-order valence-corrected chi connectivity index (χ2v) is 7.14. The van der Waals surface area contributed by atoms with Crippen molar-refractivity contribution in [2.24, 2.45) is 0 Å². The van der Waals surface area contributed by atoms with Gasteiger partial charge in [0, 0.05) is 0 Å². The molecule has 0 aliphatic carbocycles. The maximum absolute atomic E-state index is 12.6. The summed E-state index contributed by atoms with van der Waals surface area (Å²) in [5.41, 5.74) is -0.618. The lowest BCUT2D eigenvalue weighted by Crippen LogP contribution is -2.37. The molecule has 2 aromatic carbocycles. The minimum absolute atomic E-state index is 0.0726. The van der Waals surface area contributed by atoms with E-state index in [0.29, 0.717) is 4.90 Å². The molecule has 1 aliphatic rings. The molecule has 0 aromatic heterocycles. The molecule has 2 aromatic rings. The van der Waals surface area contributed by atoms with Crippen LogP contribution in [0, 0.1) is 0 Å². The number of alkyl halides is 2. The van der Waals surface area contributed by atoms with Crippen LogP contribution < -0.4 is 10.1 Å². The van der Waals surface area contributed by atoms with Gasteiger partial charge in [-0.25, -0.2) is 0 Å². The highest BCUT2D eigenvalue weighted by Gasteiger charge is 2.42. The van der Waals surface area contributed by atoms with E-state index in [2.05, 4.69) is 10.1 Å². The van der Waals surface area contributed by atoms with Crippen LogP contribution in [0.3, 0.4) is 0 Å². The van der Waals surface area contributed by atoms with E-state index >= 15 is 0 Å². The highest BCUT2D eigenvalue weighted by molar-refractivity contribution is 6.55. The van der Waals surface area contributed by atoms with Gasteiger partial charge in [-0.3, -0.25) is 19.3 Å². The average molecular weight is 484 g/mol. The van der Waals surface area contributed by atoms with Gasteiger partial charge in [-0.1, -0.05) is 58.5 Å². The molecule has 3 rings (SSSR count). The number of rotatable bonds is 5. The van der Waals surface area contributed by atoms with E-state index < -0.39 is 30.9 Å². The molecule has 1 aliphatic heterocycles. The van der Waals surface area contributed by atoms with Crippen LogP contribution in [-0.4, -0.2) is 35.8 Å². The minimum Gasteiger partial charge on any atom is -0.433 e. The molecule has 152 valence electrons. The SMILES string of the molecule is O=C(CN1C(=O)c2c(Cl)c(Cl)c(Cl)c(Cl)c2C1=O)Nc1ccccc1OC(F)F. The molecule has 0 saturated heterocycles. The summed E-state index contributed by atoms with van der Waals surface area (Å²) in [5, 5.41) is 1.35. The largest absolute Gasteiger partial charge is 0.433 e. The van der Waals surface area contributed by atoms with E-state index in [0.717, 1.165) is 0 Å². The zero-order chi connectivity index (χ0) is 21.5. The van der Waals surface area contributed by atoms with Crippen LogP contribution in [0.15, 0.2) is 24.3 Å². The highest BCUT2D eigenvalue weighted by Crippen LogP contribution is 2.44. The molecule has 0 radical (unpaired) electrons. The lowest BCUT2D eigenvalue weighted by atomic mass is 10.1. The Labute approximate surface area is 182 Å². The third kappa shape index (κ3) is 3.98. The zero-order valence-corrected chi connectivity index (χ0v) is 17.0. The molecule has 0 atom stereocenters. The van der Waals surface area contributed by atoms with E-state index in [4.69, 9.17) is 46.4 Å². The molecule has 12 heteroatoms. The van der Waals surface area contributed by atoms with Crippen LogP contribution in [0.2, 0.25) is 20.1 Å². The topological polar surface area (TPSA) is 75.7 Å². The Morgan fingerprint density at radius 1 is 0.966 bits per heavy atom. The molecule has 1 heterocycles. The maximum atomic E-state index is 12.6. The summed E-state index contributed by atoms with van der Waals surface area (Å²) in [4.78, 5) is 38.1. The van der Waals surface area contributed by atoms with Crippen molar-refractivity contribution < 1.29 is 27.9 Å². The van der Waals surface area contributed by atoms with Gasteiger partial charge >= 0.3 is 6.61 Å². The van der Waals surface area contributed by atoms with E-state index in [1.54, 1.807) is 0 Å². The van der Waals surface area contributed by atoms with Gasteiger partial charge < -0.3 is 10.1 Å². The van der Waals surface area contributed by atoms with Crippen LogP contribution >= 0.6 is 46.4 Å². The number of halogens is 6. The van der Waals surface area contributed by atoms with Crippen LogP contribution in [0.4, 0.5) is 14.5 Å². The number of anilines is 1. The van der Waals surface area contributed by atoms with Crippen molar-refractivity contribution in [2.45, 2.75) is 6.61 Å². The van der Waals surface area contributed by atoms with Gasteiger partial charge in [0.05, 0.1) is 36.9 Å². The molecular formula is C17H8Cl4F2N2O4. The van der Waals surface area contributed by atoms with Crippen molar-refractivity contribution in [1.29, 1.82) is 0 Å². The average Bonchev–Trinajstić information content (AvgIpc) is 2.90. The zero-order valence-electron chi connectivity index (χ0n) is 13.9. The number of nitrogens with zero attached hydrogens (tertiary/aromatic N) is 1. The third-order valence-corrected chi connectivity index (χ3v) is 5.67. The first kappa shape index (κ1) is 21.6. The number of fused-ring (bicyclic) bond motifs is 1. The van der Waals surface area contributed by atoms with Crippen LogP contribution in [0.5, 0.6) is 5.75 Å². The molecule has 3 amide bonds. The molecule has 0 fully saturated rings. The van der Waals surface area contributed by atoms with E-state index in [1.807, 2.05) is 0 Å². The summed E-state index contributed by atoms with van der Waals surface area (Å²) in [5.74, 6) is -2.94. The van der Waals surface area contributed by atoms with E-state index in [9.17, 15) is 23.2 Å². The third-order valence-electron chi connectivity index (χ3n) is 3.86. The summed E-state index contributed by atoms with van der Waals surface area (Å²) in [6.45, 7) is -3.85. The molecule has 29 heavy (non-hydrogen) atoms. The normalized spacial score (nSPS) is 13.1. The molecule has 0 unspecified atom stereocenters. The maximum Gasteiger partial charge on any atom is 0.387 e. The van der Waals surface area contributed by atoms with Gasteiger partial charge in [0.2, 0.25) is 5.91 Å². The summed E-state index contributed by atoms with van der Waals surface area (Å²) in [7, 11) is 0. The van der Waals surface area contributed by atoms with Gasteiger partial charge in [-0.05, 0) is 12.1 Å². The van der Waals surface area contributed by atoms with Gasteiger partial charge in [0.25, 0.3) is 11.8 Å². The number of amides is 3. The summed E-state index contributed by atoms with van der Waals surface area (Å²) in [6.07, 6.45) is 0. The predicted octanol–water partition coefficient (Wildman–Crippen LogP) is 5.14. The lowest BCUT2D eigenvalue weighted by molar-refractivity contribution is -0.116. The Morgan fingerprint density at radius 3 is 2.00 bits per heavy atom. The number of carbonyl (C=O) groups is 3. The van der Waals surface area contributed by atoms with Crippen molar-refractivity contribution in [3.05, 3.63) is 55.5 Å². The first-order chi connectivity index (χ1) is 13.6. The molecule has 6 nitrogen and oxygen atoms in total. The molecule has 0 saturated carbocycles. The smallest absolute Gasteiger partial charge is 0.387 e. The lowest BCUT2D eigenvalue weighted by Gasteiger charge is -2.15. The Balaban J connectivity index is 1.84. The van der Waals surface area contributed by atoms with Gasteiger partial charge in [0.15, 0.2) is 0 Å². The van der Waals surface area contributed by atoms with Crippen molar-refractivity contribution in [1.82, 2.24) is 4.90 Å². The van der Waals surface area contributed by atoms with Crippen molar-refractivity contribution in [2.75, 3.05) is 11.9 Å². The number of hydrogen-bond donors (Lipinski definition) is 1. The number of carbonyl (C=O) groups excluding carboxylic acids is 3. The predicted molar refractivity (Wildman–Crippen MR) is 104 cm³/mol.